The van der Waals surface area contributed by atoms with Gasteiger partial charge in [-0.1, -0.05) is 6.58 Å². The zero-order valence-electron chi connectivity index (χ0n) is 7.95. The van der Waals surface area contributed by atoms with Crippen molar-refractivity contribution < 1.29 is 24.5 Å². The Labute approximate surface area is 77.4 Å². The first-order valence-corrected chi connectivity index (χ1v) is 3.87. The quantitative estimate of drug-likeness (QED) is 0.337. The minimum absolute atomic E-state index is 0.0000472. The molecule has 0 bridgehead atoms. The lowest BCUT2D eigenvalue weighted by Gasteiger charge is -2.26. The van der Waals surface area contributed by atoms with E-state index in [2.05, 4.69) is 6.58 Å². The molecule has 0 aliphatic carbocycles. The van der Waals surface area contributed by atoms with E-state index in [9.17, 15) is 9.90 Å². The number of aliphatic carboxylic acids is 1. The Balaban J connectivity index is 3.79. The van der Waals surface area contributed by atoms with Gasteiger partial charge in [-0.15, -0.1) is 0 Å². The number of carbonyl (C=O) groups is 1. The van der Waals surface area contributed by atoms with E-state index in [-0.39, 0.29) is 30.0 Å². The molecule has 1 N–H and O–H groups in total. The van der Waals surface area contributed by atoms with Crippen LogP contribution in [0.3, 0.4) is 0 Å². The monoisotopic (exact) mass is 189 g/mol. The SMILES string of the molecule is C=C(O)CO[N+](C)(C)CCC(=O)[O-]. The summed E-state index contributed by atoms with van der Waals surface area (Å²) in [7, 11) is 3.37. The summed E-state index contributed by atoms with van der Waals surface area (Å²) in [4.78, 5) is 15.3. The highest BCUT2D eigenvalue weighted by molar-refractivity contribution is 5.64. The topological polar surface area (TPSA) is 69.6 Å². The van der Waals surface area contributed by atoms with Gasteiger partial charge < -0.3 is 15.0 Å². The lowest BCUT2D eigenvalue weighted by molar-refractivity contribution is -1.08. The minimum Gasteiger partial charge on any atom is -0.550 e. The maximum absolute atomic E-state index is 10.1. The van der Waals surface area contributed by atoms with Gasteiger partial charge in [0.1, 0.15) is 12.3 Å². The van der Waals surface area contributed by atoms with Gasteiger partial charge in [-0.3, -0.25) is 0 Å². The number of carboxylic acids is 1. The summed E-state index contributed by atoms with van der Waals surface area (Å²) in [6.07, 6.45) is -0.0785. The average molecular weight is 189 g/mol. The standard InChI is InChI=1S/C8H15NO4/c1-7(10)6-13-9(2,3)5-4-8(11)12/h1,4-6H2,2-3H3,(H-,10,11,12). The minimum atomic E-state index is -1.11. The van der Waals surface area contributed by atoms with Crippen LogP contribution in [0.4, 0.5) is 0 Å². The second-order valence-electron chi connectivity index (χ2n) is 3.26. The van der Waals surface area contributed by atoms with Gasteiger partial charge in [0.05, 0.1) is 14.1 Å². The Bertz CT molecular complexity index is 180. The van der Waals surface area contributed by atoms with Crippen molar-refractivity contribution in [3.8, 4) is 0 Å². The Morgan fingerprint density at radius 2 is 2.15 bits per heavy atom. The van der Waals surface area contributed by atoms with Crippen LogP contribution in [0.1, 0.15) is 6.42 Å². The fraction of sp³-hybridized carbons (Fsp3) is 0.625. The number of nitrogens with zero attached hydrogens (tertiary/aromatic N) is 1. The molecular weight excluding hydrogens is 174 g/mol. The molecule has 0 saturated heterocycles. The number of quaternary nitrogens is 1. The Hall–Kier alpha value is -1.07. The van der Waals surface area contributed by atoms with Gasteiger partial charge >= 0.3 is 0 Å². The van der Waals surface area contributed by atoms with Crippen molar-refractivity contribution >= 4 is 5.97 Å². The molecule has 0 aliphatic heterocycles. The van der Waals surface area contributed by atoms with Crippen molar-refractivity contribution in [2.45, 2.75) is 6.42 Å². The molecule has 0 spiro atoms. The van der Waals surface area contributed by atoms with E-state index in [0.29, 0.717) is 0 Å². The van der Waals surface area contributed by atoms with Crippen molar-refractivity contribution in [3.63, 3.8) is 0 Å². The Morgan fingerprint density at radius 3 is 2.54 bits per heavy atom. The van der Waals surface area contributed by atoms with Crippen LogP contribution < -0.4 is 5.11 Å². The summed E-state index contributed by atoms with van der Waals surface area (Å²) in [6, 6.07) is 0. The van der Waals surface area contributed by atoms with Crippen molar-refractivity contribution in [1.29, 1.82) is 0 Å². The van der Waals surface area contributed by atoms with Crippen LogP contribution in [-0.2, 0) is 9.63 Å². The fourth-order valence-corrected chi connectivity index (χ4v) is 0.674. The summed E-state index contributed by atoms with van der Waals surface area (Å²) in [5, 5.41) is 18.9. The third-order valence-electron chi connectivity index (χ3n) is 1.44. The second-order valence-corrected chi connectivity index (χ2v) is 3.26. The summed E-state index contributed by atoms with van der Waals surface area (Å²) in [5.41, 5.74) is 0. The Kier molecular flexibility index (Phi) is 4.44. The summed E-state index contributed by atoms with van der Waals surface area (Å²) >= 11 is 0. The van der Waals surface area contributed by atoms with Gasteiger partial charge in [-0.2, -0.15) is 9.48 Å². The number of carboxylic acid groups (broad SMARTS) is 1. The molecule has 0 unspecified atom stereocenters. The maximum Gasteiger partial charge on any atom is 0.162 e. The van der Waals surface area contributed by atoms with Gasteiger partial charge in [-0.25, -0.2) is 0 Å². The number of carbonyl (C=O) groups excluding carboxylic acids is 1. The highest BCUT2D eigenvalue weighted by atomic mass is 16.7. The molecule has 0 amide bonds. The van der Waals surface area contributed by atoms with E-state index in [1.54, 1.807) is 14.1 Å². The summed E-state index contributed by atoms with van der Waals surface area (Å²) in [5.74, 6) is -1.20. The van der Waals surface area contributed by atoms with Crippen LogP contribution in [-0.4, -0.2) is 43.0 Å². The van der Waals surface area contributed by atoms with Crippen LogP contribution in [0.15, 0.2) is 12.3 Å². The van der Waals surface area contributed by atoms with Gasteiger partial charge in [-0.05, 0) is 0 Å². The second kappa shape index (κ2) is 4.84. The van der Waals surface area contributed by atoms with Gasteiger partial charge in [0.2, 0.25) is 0 Å². The van der Waals surface area contributed by atoms with E-state index >= 15 is 0 Å². The molecule has 76 valence electrons. The van der Waals surface area contributed by atoms with Crippen molar-refractivity contribution in [2.75, 3.05) is 27.2 Å². The van der Waals surface area contributed by atoms with Crippen LogP contribution in [0.2, 0.25) is 0 Å². The summed E-state index contributed by atoms with van der Waals surface area (Å²) < 4.78 is 0.0492. The molecule has 5 nitrogen and oxygen atoms in total. The van der Waals surface area contributed by atoms with Crippen LogP contribution in [0, 0.1) is 0 Å². The predicted molar refractivity (Wildman–Crippen MR) is 44.3 cm³/mol. The number of hydrogen-bond donors (Lipinski definition) is 1. The van der Waals surface area contributed by atoms with Crippen molar-refractivity contribution in [3.05, 3.63) is 12.3 Å². The zero-order valence-corrected chi connectivity index (χ0v) is 7.95. The average Bonchev–Trinajstić information content (AvgIpc) is 1.98. The highest BCUT2D eigenvalue weighted by Gasteiger charge is 2.16. The van der Waals surface area contributed by atoms with Gasteiger partial charge in [0, 0.05) is 12.4 Å². The predicted octanol–water partition coefficient (Wildman–Crippen LogP) is -0.794. The first-order chi connectivity index (χ1) is 5.83. The highest BCUT2D eigenvalue weighted by Crippen LogP contribution is 2.02. The molecular formula is C8H15NO4. The zero-order chi connectivity index (χ0) is 10.5. The van der Waals surface area contributed by atoms with Crippen LogP contribution >= 0.6 is 0 Å². The number of aliphatic hydroxyl groups excluding tert-OH is 1. The molecule has 0 atom stereocenters. The lowest BCUT2D eigenvalue weighted by Crippen LogP contribution is -2.43. The van der Waals surface area contributed by atoms with Gasteiger partial charge in [0.15, 0.2) is 6.61 Å². The molecule has 0 aromatic rings. The number of rotatable bonds is 6. The molecule has 0 radical (unpaired) electrons. The molecule has 0 heterocycles. The molecule has 0 aromatic heterocycles. The first-order valence-electron chi connectivity index (χ1n) is 3.87. The number of aliphatic hydroxyl groups is 1. The largest absolute Gasteiger partial charge is 0.550 e. The van der Waals surface area contributed by atoms with Crippen LogP contribution in [0.25, 0.3) is 0 Å². The van der Waals surface area contributed by atoms with E-state index in [1.807, 2.05) is 0 Å². The van der Waals surface area contributed by atoms with E-state index in [4.69, 9.17) is 9.94 Å². The summed E-state index contributed by atoms with van der Waals surface area (Å²) in [6.45, 7) is 3.53. The van der Waals surface area contributed by atoms with E-state index < -0.39 is 5.97 Å². The maximum atomic E-state index is 10.1. The number of hydrogen-bond acceptors (Lipinski definition) is 4. The van der Waals surface area contributed by atoms with Crippen LogP contribution in [0.5, 0.6) is 0 Å². The lowest BCUT2D eigenvalue weighted by atomic mass is 10.4. The molecule has 0 saturated carbocycles. The smallest absolute Gasteiger partial charge is 0.162 e. The molecule has 13 heavy (non-hydrogen) atoms. The third kappa shape index (κ3) is 7.30. The third-order valence-corrected chi connectivity index (χ3v) is 1.44. The molecule has 0 aromatic carbocycles. The van der Waals surface area contributed by atoms with E-state index in [0.717, 1.165) is 0 Å². The number of hydroxylamine groups is 3. The van der Waals surface area contributed by atoms with Crippen molar-refractivity contribution in [2.24, 2.45) is 0 Å². The molecule has 0 fully saturated rings. The van der Waals surface area contributed by atoms with Crippen molar-refractivity contribution in [1.82, 2.24) is 0 Å². The molecule has 0 aliphatic rings. The molecule has 0 rings (SSSR count). The van der Waals surface area contributed by atoms with Gasteiger partial charge in [0.25, 0.3) is 0 Å². The normalized spacial score (nSPS) is 11.2. The first kappa shape index (κ1) is 11.9. The fourth-order valence-electron chi connectivity index (χ4n) is 0.674. The molecule has 5 heteroatoms. The Morgan fingerprint density at radius 1 is 1.62 bits per heavy atom. The van der Waals surface area contributed by atoms with E-state index in [1.165, 1.54) is 0 Å².